The van der Waals surface area contributed by atoms with Crippen LogP contribution in [0, 0.1) is 5.82 Å². The molecule has 1 amide bonds. The van der Waals surface area contributed by atoms with E-state index in [0.29, 0.717) is 30.3 Å². The maximum Gasteiger partial charge on any atom is 0.274 e. The first-order chi connectivity index (χ1) is 13.7. The van der Waals surface area contributed by atoms with Crippen LogP contribution in [0.15, 0.2) is 61.1 Å². The summed E-state index contributed by atoms with van der Waals surface area (Å²) in [5.41, 5.74) is 0.997. The van der Waals surface area contributed by atoms with Crippen LogP contribution in [0.3, 0.4) is 0 Å². The van der Waals surface area contributed by atoms with Crippen molar-refractivity contribution in [2.45, 2.75) is 0 Å². The van der Waals surface area contributed by atoms with Gasteiger partial charge in [0.15, 0.2) is 0 Å². The van der Waals surface area contributed by atoms with E-state index in [4.69, 9.17) is 0 Å². The maximum atomic E-state index is 13.0. The lowest BCUT2D eigenvalue weighted by Gasteiger charge is -2.35. The summed E-state index contributed by atoms with van der Waals surface area (Å²) in [4.78, 5) is 29.4. The Morgan fingerprint density at radius 3 is 2.36 bits per heavy atom. The Morgan fingerprint density at radius 2 is 1.71 bits per heavy atom. The van der Waals surface area contributed by atoms with Crippen LogP contribution in [0.4, 0.5) is 21.7 Å². The summed E-state index contributed by atoms with van der Waals surface area (Å²) in [5.74, 6) is 0.968. The molecule has 0 atom stereocenters. The summed E-state index contributed by atoms with van der Waals surface area (Å²) in [5, 5.41) is 3.02. The lowest BCUT2D eigenvalue weighted by atomic mass is 10.2. The van der Waals surface area contributed by atoms with Gasteiger partial charge >= 0.3 is 0 Å². The number of benzene rings is 1. The van der Waals surface area contributed by atoms with Gasteiger partial charge in [-0.3, -0.25) is 4.79 Å². The first kappa shape index (κ1) is 17.8. The quantitative estimate of drug-likeness (QED) is 0.753. The molecule has 1 fully saturated rings. The van der Waals surface area contributed by atoms with E-state index in [0.717, 1.165) is 18.9 Å². The number of carbonyl (C=O) groups is 1. The number of nitrogens with zero attached hydrogens (tertiary/aromatic N) is 5. The van der Waals surface area contributed by atoms with Crippen molar-refractivity contribution in [2.24, 2.45) is 0 Å². The number of aromatic nitrogens is 3. The zero-order chi connectivity index (χ0) is 19.3. The molecule has 0 aliphatic carbocycles. The standard InChI is InChI=1S/C20H19FN6O/c21-15-4-6-16(7-5-15)25-18-14-23-17(13-24-18)20(28)27-11-9-26(10-12-27)19-3-1-2-8-22-19/h1-8,13-14H,9-12H2,(H,24,25). The molecule has 28 heavy (non-hydrogen) atoms. The van der Waals surface area contributed by atoms with Crippen molar-refractivity contribution < 1.29 is 9.18 Å². The zero-order valence-electron chi connectivity index (χ0n) is 15.1. The van der Waals surface area contributed by atoms with Gasteiger partial charge in [-0.05, 0) is 36.4 Å². The number of anilines is 3. The van der Waals surface area contributed by atoms with Crippen molar-refractivity contribution in [2.75, 3.05) is 36.4 Å². The zero-order valence-corrected chi connectivity index (χ0v) is 15.1. The summed E-state index contributed by atoms with van der Waals surface area (Å²) in [6.45, 7) is 2.65. The molecular weight excluding hydrogens is 359 g/mol. The number of hydrogen-bond donors (Lipinski definition) is 1. The molecule has 0 saturated carbocycles. The third-order valence-corrected chi connectivity index (χ3v) is 4.53. The molecule has 1 aromatic carbocycles. The van der Waals surface area contributed by atoms with E-state index in [9.17, 15) is 9.18 Å². The van der Waals surface area contributed by atoms with Crippen molar-refractivity contribution in [3.05, 3.63) is 72.6 Å². The molecule has 0 unspecified atom stereocenters. The fraction of sp³-hybridized carbons (Fsp3) is 0.200. The van der Waals surface area contributed by atoms with E-state index in [2.05, 4.69) is 25.2 Å². The first-order valence-corrected chi connectivity index (χ1v) is 8.99. The van der Waals surface area contributed by atoms with Gasteiger partial charge < -0.3 is 15.1 Å². The van der Waals surface area contributed by atoms with E-state index >= 15 is 0 Å². The van der Waals surface area contributed by atoms with Crippen molar-refractivity contribution in [3.63, 3.8) is 0 Å². The molecule has 1 saturated heterocycles. The van der Waals surface area contributed by atoms with Crippen LogP contribution in [0.25, 0.3) is 0 Å². The Hall–Kier alpha value is -3.55. The summed E-state index contributed by atoms with van der Waals surface area (Å²) in [6.07, 6.45) is 4.73. The molecule has 1 N–H and O–H groups in total. The van der Waals surface area contributed by atoms with Gasteiger partial charge in [-0.25, -0.2) is 19.3 Å². The SMILES string of the molecule is O=C(c1cnc(Nc2ccc(F)cc2)cn1)N1CCN(c2ccccn2)CC1. The van der Waals surface area contributed by atoms with Crippen LogP contribution in [0.5, 0.6) is 0 Å². The van der Waals surface area contributed by atoms with E-state index in [1.807, 2.05) is 18.2 Å². The average molecular weight is 378 g/mol. The van der Waals surface area contributed by atoms with Crippen molar-refractivity contribution >= 4 is 23.2 Å². The number of nitrogens with one attached hydrogen (secondary N) is 1. The minimum absolute atomic E-state index is 0.137. The second kappa shape index (κ2) is 7.99. The number of pyridine rings is 1. The molecule has 8 heteroatoms. The number of hydrogen-bond acceptors (Lipinski definition) is 6. The third kappa shape index (κ3) is 4.06. The molecule has 0 radical (unpaired) electrons. The number of carbonyl (C=O) groups excluding carboxylic acids is 1. The normalized spacial score (nSPS) is 14.0. The Balaban J connectivity index is 1.35. The monoisotopic (exact) mass is 378 g/mol. The van der Waals surface area contributed by atoms with Gasteiger partial charge in [0.1, 0.15) is 23.1 Å². The van der Waals surface area contributed by atoms with Gasteiger partial charge in [0.05, 0.1) is 12.4 Å². The minimum atomic E-state index is -0.305. The van der Waals surface area contributed by atoms with E-state index < -0.39 is 0 Å². The Morgan fingerprint density at radius 1 is 0.929 bits per heavy atom. The summed E-state index contributed by atoms with van der Waals surface area (Å²) in [6, 6.07) is 11.7. The fourth-order valence-electron chi connectivity index (χ4n) is 3.03. The molecular formula is C20H19FN6O. The minimum Gasteiger partial charge on any atom is -0.353 e. The highest BCUT2D eigenvalue weighted by atomic mass is 19.1. The first-order valence-electron chi connectivity index (χ1n) is 8.99. The lowest BCUT2D eigenvalue weighted by molar-refractivity contribution is 0.0740. The molecule has 1 aliphatic rings. The Labute approximate surface area is 161 Å². The van der Waals surface area contributed by atoms with Gasteiger partial charge in [-0.15, -0.1) is 0 Å². The smallest absolute Gasteiger partial charge is 0.274 e. The molecule has 7 nitrogen and oxygen atoms in total. The van der Waals surface area contributed by atoms with Crippen LogP contribution in [-0.4, -0.2) is 51.9 Å². The molecule has 0 bridgehead atoms. The summed E-state index contributed by atoms with van der Waals surface area (Å²) >= 11 is 0. The summed E-state index contributed by atoms with van der Waals surface area (Å²) < 4.78 is 13.0. The van der Waals surface area contributed by atoms with Crippen LogP contribution in [0.2, 0.25) is 0 Å². The van der Waals surface area contributed by atoms with Gasteiger partial charge in [-0.1, -0.05) is 6.07 Å². The fourth-order valence-corrected chi connectivity index (χ4v) is 3.03. The predicted octanol–water partition coefficient (Wildman–Crippen LogP) is 2.72. The summed E-state index contributed by atoms with van der Waals surface area (Å²) in [7, 11) is 0. The lowest BCUT2D eigenvalue weighted by Crippen LogP contribution is -2.49. The van der Waals surface area contributed by atoms with Gasteiger partial charge in [-0.2, -0.15) is 0 Å². The van der Waals surface area contributed by atoms with Gasteiger partial charge in [0.2, 0.25) is 0 Å². The topological polar surface area (TPSA) is 74.2 Å². The largest absolute Gasteiger partial charge is 0.353 e. The second-order valence-electron chi connectivity index (χ2n) is 6.39. The second-order valence-corrected chi connectivity index (χ2v) is 6.39. The van der Waals surface area contributed by atoms with Crippen LogP contribution in [-0.2, 0) is 0 Å². The number of piperazine rings is 1. The highest BCUT2D eigenvalue weighted by molar-refractivity contribution is 5.92. The number of rotatable bonds is 4. The molecule has 0 spiro atoms. The molecule has 142 valence electrons. The molecule has 2 aromatic heterocycles. The predicted molar refractivity (Wildman–Crippen MR) is 104 cm³/mol. The van der Waals surface area contributed by atoms with Crippen molar-refractivity contribution in [1.82, 2.24) is 19.9 Å². The Kier molecular flexibility index (Phi) is 5.09. The van der Waals surface area contributed by atoms with Crippen molar-refractivity contribution in [3.8, 4) is 0 Å². The van der Waals surface area contributed by atoms with Gasteiger partial charge in [0.25, 0.3) is 5.91 Å². The van der Waals surface area contributed by atoms with Crippen LogP contribution < -0.4 is 10.2 Å². The number of amides is 1. The maximum absolute atomic E-state index is 13.0. The molecule has 1 aliphatic heterocycles. The van der Waals surface area contributed by atoms with E-state index in [-0.39, 0.29) is 11.7 Å². The average Bonchev–Trinajstić information content (AvgIpc) is 2.76. The van der Waals surface area contributed by atoms with Crippen LogP contribution in [0.1, 0.15) is 10.5 Å². The van der Waals surface area contributed by atoms with Crippen LogP contribution >= 0.6 is 0 Å². The highest BCUT2D eigenvalue weighted by Gasteiger charge is 2.23. The van der Waals surface area contributed by atoms with Crippen molar-refractivity contribution in [1.29, 1.82) is 0 Å². The Bertz CT molecular complexity index is 925. The van der Waals surface area contributed by atoms with E-state index in [1.165, 1.54) is 24.5 Å². The third-order valence-electron chi connectivity index (χ3n) is 4.53. The molecule has 3 heterocycles. The molecule has 3 aromatic rings. The highest BCUT2D eigenvalue weighted by Crippen LogP contribution is 2.16. The van der Waals surface area contributed by atoms with E-state index in [1.54, 1.807) is 23.2 Å². The number of halogens is 1. The van der Waals surface area contributed by atoms with Gasteiger partial charge in [0, 0.05) is 38.1 Å². The molecule has 4 rings (SSSR count).